The standard InChI is InChI=1S/C17H24N4O4.C11H12N2O2.C8H8N2O.C8H8O3.C7H15N3O2.CH4/c1-12-16-14(20-19-12)3-2-4-15(16)25-11-13(22)5-6-18-17(23)21-7-9-24-10-8-21;1-7-11-9(13-12-7)3-2-4-10(11)15-6-8-5-14-8;1-5-8-6(10-9-5)3-2-4-7(8)11;1-5(9)8-6(10)3-2-4-7(8)11;8-1-2-9-7(11)10-3-5-12-6-4-10;/h2-4,13,22H,5-11H2,1H3,(H,18,23)(H,19,20);2-4,8H,5-6H2,1H3,(H,12,13);2-4,11H,1H3,(H,9,10);2-4,10-11H,1H3;1-6,8H2,(H,9,11);1H4/t13-;;;;;/m0...../s1. The average Bonchev–Trinajstić information content (AvgIpc) is 3.87. The molecular formula is C52H71N11O12. The fourth-order valence-corrected chi connectivity index (χ4v) is 7.61. The Kier molecular flexibility index (Phi) is 22.7. The Labute approximate surface area is 434 Å². The lowest BCUT2D eigenvalue weighted by Crippen LogP contribution is -2.47. The molecule has 11 N–H and O–H groups in total. The highest BCUT2D eigenvalue weighted by atomic mass is 16.6. The fourth-order valence-electron chi connectivity index (χ4n) is 7.61. The molecule has 3 aliphatic heterocycles. The molecule has 3 fully saturated rings. The van der Waals surface area contributed by atoms with Gasteiger partial charge in [0.05, 0.1) is 71.8 Å². The van der Waals surface area contributed by atoms with E-state index in [1.165, 1.54) is 25.1 Å². The molecule has 6 heterocycles. The Morgan fingerprint density at radius 2 is 1.11 bits per heavy atom. The third kappa shape index (κ3) is 17.2. The van der Waals surface area contributed by atoms with Crippen molar-refractivity contribution in [3.8, 4) is 28.7 Å². The Morgan fingerprint density at radius 1 is 0.680 bits per heavy atom. The zero-order valence-electron chi connectivity index (χ0n) is 42.1. The van der Waals surface area contributed by atoms with Crippen LogP contribution in [-0.2, 0) is 14.2 Å². The molecule has 23 heteroatoms. The van der Waals surface area contributed by atoms with E-state index in [9.17, 15) is 24.6 Å². The van der Waals surface area contributed by atoms with Crippen LogP contribution in [0, 0.1) is 20.8 Å². The van der Waals surface area contributed by atoms with Gasteiger partial charge in [-0.2, -0.15) is 15.3 Å². The van der Waals surface area contributed by atoms with Crippen molar-refractivity contribution < 1.29 is 58.5 Å². The number of aromatic hydroxyl groups is 3. The number of ketones is 1. The Hall–Kier alpha value is -7.70. The maximum atomic E-state index is 11.9. The number of phenolic OH excluding ortho intramolecular Hbond substituents is 3. The molecule has 3 aromatic heterocycles. The number of H-pyrrole nitrogens is 3. The summed E-state index contributed by atoms with van der Waals surface area (Å²) in [6, 6.07) is 20.8. The number of urea groups is 2. The van der Waals surface area contributed by atoms with Gasteiger partial charge in [-0.15, -0.1) is 0 Å². The maximum absolute atomic E-state index is 11.9. The average molecular weight is 1040 g/mol. The number of Topliss-reactive ketones (excluding diaryl/α,β-unsaturated/α-hetero) is 1. The van der Waals surface area contributed by atoms with Crippen molar-refractivity contribution in [2.75, 3.05) is 92.1 Å². The number of morpholine rings is 2. The minimum Gasteiger partial charge on any atom is -0.507 e. The number of nitrogens with two attached hydrogens (primary N) is 1. The molecule has 3 aliphatic rings. The molecule has 10 rings (SSSR count). The summed E-state index contributed by atoms with van der Waals surface area (Å²) in [5.74, 6) is 1.15. The molecule has 1 unspecified atom stereocenters. The van der Waals surface area contributed by atoms with Gasteiger partial charge in [-0.3, -0.25) is 20.1 Å². The van der Waals surface area contributed by atoms with Crippen molar-refractivity contribution >= 4 is 50.6 Å². The van der Waals surface area contributed by atoms with Crippen LogP contribution >= 0.6 is 0 Å². The van der Waals surface area contributed by atoms with E-state index >= 15 is 0 Å². The molecule has 0 radical (unpaired) electrons. The molecular weight excluding hydrogens is 971 g/mol. The van der Waals surface area contributed by atoms with E-state index in [4.69, 9.17) is 39.6 Å². The lowest BCUT2D eigenvalue weighted by Gasteiger charge is -2.27. The van der Waals surface area contributed by atoms with E-state index < -0.39 is 6.10 Å². The zero-order chi connectivity index (χ0) is 53.0. The van der Waals surface area contributed by atoms with Crippen LogP contribution in [0.1, 0.15) is 48.2 Å². The predicted molar refractivity (Wildman–Crippen MR) is 283 cm³/mol. The number of ether oxygens (including phenoxy) is 5. The minimum absolute atomic E-state index is 0. The molecule has 406 valence electrons. The van der Waals surface area contributed by atoms with Crippen molar-refractivity contribution in [1.29, 1.82) is 0 Å². The molecule has 75 heavy (non-hydrogen) atoms. The number of rotatable bonds is 12. The van der Waals surface area contributed by atoms with Crippen molar-refractivity contribution in [3.63, 3.8) is 0 Å². The SMILES string of the molecule is C.CC(=O)c1c(O)cccc1O.Cc1[nH]nc2cccc(O)c12.Cc1[nH]nc2cccc(OCC3CO3)c12.Cc1[nH]nc2cccc(OC[C@@H](O)CCNC(=O)N3CCOCC3)c12.NCCNC(=O)N1CCOCC1. The zero-order valence-corrected chi connectivity index (χ0v) is 42.1. The van der Waals surface area contributed by atoms with E-state index in [2.05, 4.69) is 41.2 Å². The van der Waals surface area contributed by atoms with Crippen LogP contribution in [0.2, 0.25) is 0 Å². The molecule has 7 aromatic rings. The van der Waals surface area contributed by atoms with E-state index in [0.717, 1.165) is 62.1 Å². The molecule has 0 bridgehead atoms. The molecule has 4 aromatic carbocycles. The third-order valence-electron chi connectivity index (χ3n) is 11.6. The minimum atomic E-state index is -0.660. The maximum Gasteiger partial charge on any atom is 0.317 e. The van der Waals surface area contributed by atoms with Crippen LogP contribution in [0.3, 0.4) is 0 Å². The summed E-state index contributed by atoms with van der Waals surface area (Å²) in [6.45, 7) is 15.1. The first kappa shape index (κ1) is 58.2. The lowest BCUT2D eigenvalue weighted by molar-refractivity contribution is 0.0525. The fraction of sp³-hybridized carbons (Fsp3) is 0.423. The van der Waals surface area contributed by atoms with Gasteiger partial charge in [0, 0.05) is 62.9 Å². The predicted octanol–water partition coefficient (Wildman–Crippen LogP) is 5.19. The van der Waals surface area contributed by atoms with Gasteiger partial charge in [0.25, 0.3) is 0 Å². The number of amides is 4. The summed E-state index contributed by atoms with van der Waals surface area (Å²) < 4.78 is 26.9. The number of nitrogens with zero attached hydrogens (tertiary/aromatic N) is 5. The Balaban J connectivity index is 0.000000181. The molecule has 4 amide bonds. The van der Waals surface area contributed by atoms with Crippen molar-refractivity contribution in [3.05, 3.63) is 95.4 Å². The summed E-state index contributed by atoms with van der Waals surface area (Å²) >= 11 is 0. The topological polar surface area (TPSA) is 324 Å². The van der Waals surface area contributed by atoms with Gasteiger partial charge in [-0.05, 0) is 82.6 Å². The van der Waals surface area contributed by atoms with Crippen LogP contribution < -0.4 is 25.8 Å². The number of aromatic amines is 3. The van der Waals surface area contributed by atoms with Gasteiger partial charge in [0.2, 0.25) is 0 Å². The van der Waals surface area contributed by atoms with Crippen LogP contribution in [0.15, 0.2) is 72.8 Å². The number of epoxide rings is 1. The quantitative estimate of drug-likeness (QED) is 0.0556. The van der Waals surface area contributed by atoms with E-state index in [0.29, 0.717) is 91.0 Å². The van der Waals surface area contributed by atoms with Crippen molar-refractivity contribution in [2.24, 2.45) is 5.73 Å². The van der Waals surface area contributed by atoms with E-state index in [-0.39, 0.29) is 60.8 Å². The summed E-state index contributed by atoms with van der Waals surface area (Å²) in [5.41, 5.74) is 10.7. The van der Waals surface area contributed by atoms with Crippen LogP contribution in [0.4, 0.5) is 9.59 Å². The second-order valence-electron chi connectivity index (χ2n) is 17.2. The second-order valence-corrected chi connectivity index (χ2v) is 17.2. The van der Waals surface area contributed by atoms with E-state index in [1.54, 1.807) is 21.9 Å². The third-order valence-corrected chi connectivity index (χ3v) is 11.6. The number of nitrogens with one attached hydrogen (secondary N) is 5. The van der Waals surface area contributed by atoms with Crippen molar-refractivity contribution in [2.45, 2.75) is 53.8 Å². The van der Waals surface area contributed by atoms with Gasteiger partial charge in [-0.1, -0.05) is 31.7 Å². The summed E-state index contributed by atoms with van der Waals surface area (Å²) in [4.78, 5) is 37.4. The Morgan fingerprint density at radius 3 is 1.56 bits per heavy atom. The summed E-state index contributed by atoms with van der Waals surface area (Å²) in [6.07, 6.45) is 0.0519. The molecule has 23 nitrogen and oxygen atoms in total. The van der Waals surface area contributed by atoms with Gasteiger partial charge >= 0.3 is 12.1 Å². The van der Waals surface area contributed by atoms with Crippen LogP contribution in [0.25, 0.3) is 32.7 Å². The molecule has 0 aliphatic carbocycles. The number of hydrogen-bond donors (Lipinski definition) is 10. The van der Waals surface area contributed by atoms with Crippen LogP contribution in [0.5, 0.6) is 28.7 Å². The van der Waals surface area contributed by atoms with Crippen molar-refractivity contribution in [1.82, 2.24) is 51.0 Å². The number of aryl methyl sites for hydroxylation is 3. The number of phenols is 3. The normalized spacial score (nSPS) is 15.0. The highest BCUT2D eigenvalue weighted by Crippen LogP contribution is 2.29. The largest absolute Gasteiger partial charge is 0.507 e. The van der Waals surface area contributed by atoms with Crippen LogP contribution in [-0.4, -0.2) is 183 Å². The van der Waals surface area contributed by atoms with Gasteiger partial charge in [-0.25, -0.2) is 9.59 Å². The smallest absolute Gasteiger partial charge is 0.317 e. The highest BCUT2D eigenvalue weighted by molar-refractivity contribution is 5.99. The lowest BCUT2D eigenvalue weighted by atomic mass is 10.1. The number of carbonyl (C=O) groups excluding carboxylic acids is 3. The second kappa shape index (κ2) is 29.3. The number of carbonyl (C=O) groups is 3. The first-order valence-corrected chi connectivity index (χ1v) is 24.2. The number of benzene rings is 4. The van der Waals surface area contributed by atoms with Gasteiger partial charge in [0.15, 0.2) is 5.78 Å². The molecule has 0 saturated carbocycles. The molecule has 3 saturated heterocycles. The number of aliphatic hydroxyl groups is 1. The number of aromatic nitrogens is 6. The first-order chi connectivity index (χ1) is 35.7. The van der Waals surface area contributed by atoms with Gasteiger partial charge < -0.3 is 70.3 Å². The highest BCUT2D eigenvalue weighted by Gasteiger charge is 2.24. The Bertz CT molecular complexity index is 2870. The number of aliphatic hydroxyl groups excluding tert-OH is 1. The van der Waals surface area contributed by atoms with Gasteiger partial charge in [0.1, 0.15) is 53.6 Å². The molecule has 2 atom stereocenters. The first-order valence-electron chi connectivity index (χ1n) is 24.2. The summed E-state index contributed by atoms with van der Waals surface area (Å²) in [5, 5.41) is 67.0. The van der Waals surface area contributed by atoms with E-state index in [1.807, 2.05) is 63.2 Å². The number of fused-ring (bicyclic) bond motifs is 3. The summed E-state index contributed by atoms with van der Waals surface area (Å²) in [7, 11) is 0. The number of hydrogen-bond acceptors (Lipinski definition) is 16. The molecule has 0 spiro atoms. The monoisotopic (exact) mass is 1040 g/mol.